The van der Waals surface area contributed by atoms with E-state index in [1.807, 2.05) is 41.8 Å². The zero-order valence-electron chi connectivity index (χ0n) is 17.8. The van der Waals surface area contributed by atoms with Gasteiger partial charge in [-0.15, -0.1) is 10.2 Å². The number of aromatic nitrogens is 4. The summed E-state index contributed by atoms with van der Waals surface area (Å²) < 4.78 is 12.7. The van der Waals surface area contributed by atoms with Crippen molar-refractivity contribution in [2.45, 2.75) is 23.9 Å². The van der Waals surface area contributed by atoms with Gasteiger partial charge in [0, 0.05) is 29.7 Å². The molecule has 0 radical (unpaired) electrons. The highest BCUT2D eigenvalue weighted by molar-refractivity contribution is 8.00. The summed E-state index contributed by atoms with van der Waals surface area (Å²) in [5.74, 6) is 1.86. The molecule has 0 saturated heterocycles. The first-order valence-corrected chi connectivity index (χ1v) is 11.3. The Balaban J connectivity index is 1.36. The third-order valence-corrected chi connectivity index (χ3v) is 6.19. The largest absolute Gasteiger partial charge is 0.454 e. The Kier molecular flexibility index (Phi) is 5.95. The van der Waals surface area contributed by atoms with Crippen molar-refractivity contribution in [1.29, 1.82) is 0 Å². The number of carbonyl (C=O) groups is 1. The maximum Gasteiger partial charge on any atom is 0.237 e. The summed E-state index contributed by atoms with van der Waals surface area (Å²) in [4.78, 5) is 17.1. The van der Waals surface area contributed by atoms with Crippen molar-refractivity contribution in [3.05, 3.63) is 78.6 Å². The molecule has 0 spiro atoms. The number of rotatable bonds is 7. The van der Waals surface area contributed by atoms with Crippen LogP contribution in [0.25, 0.3) is 11.4 Å². The number of anilines is 1. The number of hydrogen-bond acceptors (Lipinski definition) is 7. The number of nitrogens with zero attached hydrogens (tertiary/aromatic N) is 4. The zero-order valence-corrected chi connectivity index (χ0v) is 18.7. The Labute approximate surface area is 195 Å². The molecule has 2 aromatic carbocycles. The van der Waals surface area contributed by atoms with Crippen LogP contribution in [0.5, 0.6) is 11.5 Å². The number of ether oxygens (including phenoxy) is 2. The Morgan fingerprint density at radius 2 is 1.94 bits per heavy atom. The van der Waals surface area contributed by atoms with Gasteiger partial charge in [0.2, 0.25) is 12.7 Å². The van der Waals surface area contributed by atoms with Gasteiger partial charge in [-0.05, 0) is 36.8 Å². The van der Waals surface area contributed by atoms with Crippen molar-refractivity contribution >= 4 is 23.4 Å². The Morgan fingerprint density at radius 1 is 1.09 bits per heavy atom. The third-order valence-electron chi connectivity index (χ3n) is 5.11. The Morgan fingerprint density at radius 3 is 2.76 bits per heavy atom. The summed E-state index contributed by atoms with van der Waals surface area (Å²) in [6.45, 7) is 2.62. The molecule has 0 aliphatic carbocycles. The smallest absolute Gasteiger partial charge is 0.237 e. The molecule has 9 heteroatoms. The molecule has 166 valence electrons. The van der Waals surface area contributed by atoms with E-state index in [1.165, 1.54) is 11.8 Å². The van der Waals surface area contributed by atoms with E-state index in [4.69, 9.17) is 9.47 Å². The average Bonchev–Trinajstić information content (AvgIpc) is 3.47. The van der Waals surface area contributed by atoms with E-state index < -0.39 is 5.25 Å². The minimum Gasteiger partial charge on any atom is -0.454 e. The lowest BCUT2D eigenvalue weighted by atomic mass is 10.2. The quantitative estimate of drug-likeness (QED) is 0.414. The number of carbonyl (C=O) groups excluding carboxylic acids is 1. The van der Waals surface area contributed by atoms with Gasteiger partial charge in [0.05, 0.1) is 11.8 Å². The molecule has 0 saturated carbocycles. The number of nitrogens with one attached hydrogen (secondary N) is 1. The van der Waals surface area contributed by atoms with E-state index in [0.29, 0.717) is 34.7 Å². The van der Waals surface area contributed by atoms with Crippen molar-refractivity contribution in [3.8, 4) is 22.9 Å². The fourth-order valence-corrected chi connectivity index (χ4v) is 4.27. The van der Waals surface area contributed by atoms with E-state index >= 15 is 0 Å². The van der Waals surface area contributed by atoms with Gasteiger partial charge >= 0.3 is 0 Å². The van der Waals surface area contributed by atoms with E-state index in [9.17, 15) is 4.79 Å². The predicted octanol–water partition coefficient (Wildman–Crippen LogP) is 4.24. The summed E-state index contributed by atoms with van der Waals surface area (Å²) in [5.41, 5.74) is 2.63. The molecule has 2 aromatic heterocycles. The molecule has 4 aromatic rings. The maximum absolute atomic E-state index is 12.9. The monoisotopic (exact) mass is 459 g/mol. The third kappa shape index (κ3) is 4.68. The van der Waals surface area contributed by atoms with Gasteiger partial charge in [0.1, 0.15) is 0 Å². The fraction of sp³-hybridized carbons (Fsp3) is 0.167. The van der Waals surface area contributed by atoms with Crippen molar-refractivity contribution in [3.63, 3.8) is 0 Å². The average molecular weight is 460 g/mol. The highest BCUT2D eigenvalue weighted by Gasteiger charge is 2.22. The molecule has 1 aliphatic rings. The Bertz CT molecular complexity index is 1260. The maximum atomic E-state index is 12.9. The number of hydrogen-bond donors (Lipinski definition) is 1. The van der Waals surface area contributed by atoms with Crippen LogP contribution in [0.15, 0.2) is 78.2 Å². The number of thioether (sulfide) groups is 1. The summed E-state index contributed by atoms with van der Waals surface area (Å²) in [5, 5.41) is 12.0. The molecule has 8 nitrogen and oxygen atoms in total. The Hall–Kier alpha value is -3.85. The van der Waals surface area contributed by atoms with Gasteiger partial charge in [-0.3, -0.25) is 14.3 Å². The van der Waals surface area contributed by atoms with Gasteiger partial charge < -0.3 is 14.8 Å². The van der Waals surface area contributed by atoms with Crippen LogP contribution < -0.4 is 14.8 Å². The summed E-state index contributed by atoms with van der Waals surface area (Å²) in [6.07, 6.45) is 3.48. The first-order valence-electron chi connectivity index (χ1n) is 10.4. The summed E-state index contributed by atoms with van der Waals surface area (Å²) >= 11 is 1.36. The van der Waals surface area contributed by atoms with Crippen LogP contribution in [0.3, 0.4) is 0 Å². The minimum absolute atomic E-state index is 0.143. The highest BCUT2D eigenvalue weighted by atomic mass is 32.2. The second-order valence-electron chi connectivity index (χ2n) is 7.44. The number of benzene rings is 2. The lowest BCUT2D eigenvalue weighted by Gasteiger charge is -2.14. The molecule has 1 aliphatic heterocycles. The molecule has 1 N–H and O–H groups in total. The predicted molar refractivity (Wildman–Crippen MR) is 125 cm³/mol. The SMILES string of the molecule is C[C@H](Sc1nnc(-c2cccnc2)n1Cc1ccccc1)C(=O)Nc1ccc2c(c1)OCO2. The number of pyridine rings is 1. The van der Waals surface area contributed by atoms with E-state index in [-0.39, 0.29) is 12.7 Å². The van der Waals surface area contributed by atoms with Crippen molar-refractivity contribution in [1.82, 2.24) is 19.7 Å². The van der Waals surface area contributed by atoms with Crippen LogP contribution in [0, 0.1) is 0 Å². The van der Waals surface area contributed by atoms with E-state index in [2.05, 4.69) is 32.6 Å². The molecule has 5 rings (SSSR count). The molecule has 1 atom stereocenters. The zero-order chi connectivity index (χ0) is 22.6. The van der Waals surface area contributed by atoms with Crippen LogP contribution in [0.2, 0.25) is 0 Å². The van der Waals surface area contributed by atoms with Gasteiger partial charge in [-0.25, -0.2) is 0 Å². The molecule has 0 fully saturated rings. The topological polar surface area (TPSA) is 91.2 Å². The van der Waals surface area contributed by atoms with Crippen LogP contribution in [-0.2, 0) is 11.3 Å². The molecule has 1 amide bonds. The van der Waals surface area contributed by atoms with Crippen molar-refractivity contribution < 1.29 is 14.3 Å². The fourth-order valence-electron chi connectivity index (χ4n) is 3.42. The van der Waals surface area contributed by atoms with Crippen LogP contribution in [0.1, 0.15) is 12.5 Å². The lowest BCUT2D eigenvalue weighted by molar-refractivity contribution is -0.115. The van der Waals surface area contributed by atoms with Gasteiger partial charge in [0.25, 0.3) is 0 Å². The normalized spacial score (nSPS) is 13.0. The molecule has 33 heavy (non-hydrogen) atoms. The molecule has 0 bridgehead atoms. The number of amides is 1. The summed E-state index contributed by atoms with van der Waals surface area (Å²) in [7, 11) is 0. The van der Waals surface area contributed by atoms with Gasteiger partial charge in [-0.2, -0.15) is 0 Å². The second-order valence-corrected chi connectivity index (χ2v) is 8.74. The molecule has 0 unspecified atom stereocenters. The van der Waals surface area contributed by atoms with Crippen molar-refractivity contribution in [2.75, 3.05) is 12.1 Å². The summed E-state index contributed by atoms with van der Waals surface area (Å²) in [6, 6.07) is 19.2. The minimum atomic E-state index is -0.407. The molecular formula is C24H21N5O3S. The van der Waals surface area contributed by atoms with E-state index in [0.717, 1.165) is 11.1 Å². The first-order chi connectivity index (χ1) is 16.2. The number of fused-ring (bicyclic) bond motifs is 1. The molecular weight excluding hydrogens is 438 g/mol. The van der Waals surface area contributed by atoms with Crippen LogP contribution in [0.4, 0.5) is 5.69 Å². The van der Waals surface area contributed by atoms with E-state index in [1.54, 1.807) is 30.6 Å². The lowest BCUT2D eigenvalue weighted by Crippen LogP contribution is -2.23. The molecule has 3 heterocycles. The standard InChI is InChI=1S/C24H21N5O3S/c1-16(23(30)26-19-9-10-20-21(12-19)32-15-31-20)33-24-28-27-22(18-8-5-11-25-13-18)29(24)14-17-6-3-2-4-7-17/h2-13,16H,14-15H2,1H3,(H,26,30)/t16-/m0/s1. The second kappa shape index (κ2) is 9.33. The van der Waals surface area contributed by atoms with Crippen LogP contribution >= 0.6 is 11.8 Å². The van der Waals surface area contributed by atoms with Crippen LogP contribution in [-0.4, -0.2) is 37.7 Å². The van der Waals surface area contributed by atoms with Crippen molar-refractivity contribution in [2.24, 2.45) is 0 Å². The first kappa shape index (κ1) is 21.0. The van der Waals surface area contributed by atoms with Gasteiger partial charge in [-0.1, -0.05) is 42.1 Å². The highest BCUT2D eigenvalue weighted by Crippen LogP contribution is 2.34. The van der Waals surface area contributed by atoms with Gasteiger partial charge in [0.15, 0.2) is 22.5 Å².